The second-order valence-corrected chi connectivity index (χ2v) is 30.2. The van der Waals surface area contributed by atoms with E-state index in [-0.39, 0.29) is 115 Å². The number of hydrogen-bond acceptors (Lipinski definition) is 14. The van der Waals surface area contributed by atoms with E-state index in [1.165, 1.54) is 22.3 Å². The third-order valence-corrected chi connectivity index (χ3v) is 23.1. The summed E-state index contributed by atoms with van der Waals surface area (Å²) in [6, 6.07) is 43.5. The number of rotatable bonds is 27. The minimum atomic E-state index is -0.0700. The highest BCUT2D eigenvalue weighted by Crippen LogP contribution is 2.43. The molecular weight excluding hydrogens is 1280 g/mol. The molecule has 0 aromatic heterocycles. The summed E-state index contributed by atoms with van der Waals surface area (Å²) in [7, 11) is 5.76. The molecule has 2 atom stereocenters. The Hall–Kier alpha value is -6.62. The van der Waals surface area contributed by atoms with Crippen LogP contribution in [-0.4, -0.2) is 245 Å². The average molecular weight is 1410 g/mol. The number of ether oxygens (including phenoxy) is 4. The van der Waals surface area contributed by atoms with Crippen LogP contribution in [0, 0.1) is 0 Å². The van der Waals surface area contributed by atoms with E-state index in [0.717, 1.165) is 201 Å². The van der Waals surface area contributed by atoms with Crippen LogP contribution in [0.2, 0.25) is 0 Å². The van der Waals surface area contributed by atoms with Gasteiger partial charge in [0.25, 0.3) is 0 Å². The molecule has 4 aromatic rings. The molecule has 4 aliphatic carbocycles. The van der Waals surface area contributed by atoms with Gasteiger partial charge in [0.2, 0.25) is 35.4 Å². The van der Waals surface area contributed by atoms with Gasteiger partial charge in [-0.25, -0.2) is 0 Å². The molecule has 4 aliphatic heterocycles. The Bertz CT molecular complexity index is 3160. The summed E-state index contributed by atoms with van der Waals surface area (Å²) in [5, 5.41) is 12.2. The molecule has 4 saturated carbocycles. The van der Waals surface area contributed by atoms with E-state index >= 15 is 0 Å². The Morgan fingerprint density at radius 2 is 0.794 bits per heavy atom. The standard InChI is InChI=1S/C30H39N3O3.C27H44N4O3.C25H37N3O4/c34-28(11-12-29(35)32-27-21-26(27)24-9-5-2-6-10-24)31-25-13-15-30(16-14-25,33-17-19-36-20-18-33)22-23-7-3-1-4-8-23;1-28-25(32)10-11-26(33)31(17-7-16-29(2)3)24-12-14-27(15-13-24,30-18-20-34-21-19-30)22-23-8-5-4-6-9-23;29-23(6-7-24(30)27-12-16-31-17-13-27)26-22-8-10-25(11-9-22,28-14-18-32-19-15-28)20-21-4-2-1-3-5-21/h1-10,25-27H,11-22H2,(H,31,34)(H,32,35);4-6,8-9,24H,7,10-22H2,1-3H3,(H,28,32);1-5,22H,6-20H2,(H,26,29). The molecule has 8 aliphatic rings. The van der Waals surface area contributed by atoms with Crippen molar-refractivity contribution in [3.05, 3.63) is 144 Å². The highest BCUT2D eigenvalue weighted by molar-refractivity contribution is 5.85. The van der Waals surface area contributed by atoms with Gasteiger partial charge in [0.05, 0.1) is 52.9 Å². The van der Waals surface area contributed by atoms with Crippen LogP contribution in [0.3, 0.4) is 0 Å². The van der Waals surface area contributed by atoms with Crippen molar-refractivity contribution in [1.29, 1.82) is 0 Å². The van der Waals surface area contributed by atoms with E-state index < -0.39 is 0 Å². The van der Waals surface area contributed by atoms with Crippen molar-refractivity contribution in [3.63, 3.8) is 0 Å². The Kier molecular flexibility index (Phi) is 30.6. The first kappa shape index (κ1) is 78.0. The molecule has 12 rings (SSSR count). The molecule has 6 amide bonds. The molecule has 0 bridgehead atoms. The van der Waals surface area contributed by atoms with E-state index in [9.17, 15) is 28.8 Å². The second kappa shape index (κ2) is 40.0. The first-order valence-corrected chi connectivity index (χ1v) is 38.7. The number of nitrogens with one attached hydrogen (secondary N) is 4. The van der Waals surface area contributed by atoms with Crippen LogP contribution < -0.4 is 21.3 Å². The minimum absolute atomic E-state index is 0.00135. The molecule has 20 heteroatoms. The molecule has 0 spiro atoms. The number of carbonyl (C=O) groups is 6. The zero-order valence-corrected chi connectivity index (χ0v) is 61.7. The predicted molar refractivity (Wildman–Crippen MR) is 399 cm³/mol. The lowest BCUT2D eigenvalue weighted by Crippen LogP contribution is -2.58. The fourth-order valence-corrected chi connectivity index (χ4v) is 17.2. The van der Waals surface area contributed by atoms with E-state index in [4.69, 9.17) is 18.9 Å². The van der Waals surface area contributed by atoms with Crippen molar-refractivity contribution in [2.75, 3.05) is 139 Å². The second-order valence-electron chi connectivity index (χ2n) is 30.2. The summed E-state index contributed by atoms with van der Waals surface area (Å²) < 4.78 is 22.2. The maximum absolute atomic E-state index is 13.2. The SMILES string of the molecule is CNC(=O)CCC(=O)N(CCCN(C)C)C1CCC(Cc2ccccc2)(N2CCOCC2)CC1.O=C(CCC(=O)N1CCOCC1)NC1CCC(Cc2ccccc2)(N2CCOCC2)CC1.O=C(CCC(=O)NC1CC1c1ccccc1)NC1CCC(Cc2ccccc2)(N2CCOCC2)CC1. The third kappa shape index (κ3) is 23.7. The number of morpholine rings is 4. The molecule has 4 N–H and O–H groups in total. The van der Waals surface area contributed by atoms with Crippen LogP contribution >= 0.6 is 0 Å². The summed E-state index contributed by atoms with van der Waals surface area (Å²) in [6.07, 6.45) is 19.0. The van der Waals surface area contributed by atoms with Gasteiger partial charge in [-0.3, -0.25) is 43.5 Å². The van der Waals surface area contributed by atoms with Crippen molar-refractivity contribution in [2.24, 2.45) is 0 Å². The maximum Gasteiger partial charge on any atom is 0.223 e. The first-order valence-electron chi connectivity index (χ1n) is 38.7. The lowest BCUT2D eigenvalue weighted by atomic mass is 9.73. The van der Waals surface area contributed by atoms with Gasteiger partial charge < -0.3 is 54.9 Å². The van der Waals surface area contributed by atoms with Crippen molar-refractivity contribution in [3.8, 4) is 0 Å². The lowest BCUT2D eigenvalue weighted by Gasteiger charge is -2.51. The van der Waals surface area contributed by atoms with Gasteiger partial charge in [0.1, 0.15) is 0 Å². The van der Waals surface area contributed by atoms with Crippen LogP contribution in [0.25, 0.3) is 0 Å². The Labute approximate surface area is 608 Å². The number of hydrogen-bond donors (Lipinski definition) is 4. The van der Waals surface area contributed by atoms with Gasteiger partial charge in [-0.05, 0) is 152 Å². The zero-order valence-electron chi connectivity index (χ0n) is 61.7. The van der Waals surface area contributed by atoms with Crippen LogP contribution in [0.1, 0.15) is 157 Å². The van der Waals surface area contributed by atoms with E-state index in [1.54, 1.807) is 11.9 Å². The lowest BCUT2D eigenvalue weighted by molar-refractivity contribution is -0.137. The molecule has 20 nitrogen and oxygen atoms in total. The van der Waals surface area contributed by atoms with Crippen LogP contribution in [0.15, 0.2) is 121 Å². The molecule has 8 fully saturated rings. The van der Waals surface area contributed by atoms with E-state index in [2.05, 4.69) is 163 Å². The van der Waals surface area contributed by atoms with Crippen LogP contribution in [0.5, 0.6) is 0 Å². The average Bonchev–Trinajstić information content (AvgIpc) is 1.63. The Morgan fingerprint density at radius 3 is 1.20 bits per heavy atom. The van der Waals surface area contributed by atoms with Gasteiger partial charge in [0, 0.05) is 151 Å². The van der Waals surface area contributed by atoms with E-state index in [0.29, 0.717) is 32.2 Å². The molecule has 4 heterocycles. The fraction of sp³-hybridized carbons (Fsp3) is 0.634. The molecule has 558 valence electrons. The monoisotopic (exact) mass is 1400 g/mol. The summed E-state index contributed by atoms with van der Waals surface area (Å²) in [4.78, 5) is 88.8. The minimum Gasteiger partial charge on any atom is -0.379 e. The van der Waals surface area contributed by atoms with Crippen LogP contribution in [0.4, 0.5) is 0 Å². The van der Waals surface area contributed by atoms with Crippen LogP contribution in [-0.2, 0) is 67.0 Å². The van der Waals surface area contributed by atoms with Gasteiger partial charge >= 0.3 is 0 Å². The fourth-order valence-electron chi connectivity index (χ4n) is 17.2. The molecule has 0 radical (unpaired) electrons. The summed E-state index contributed by atoms with van der Waals surface area (Å²) in [6.45, 7) is 14.8. The number of benzene rings is 4. The van der Waals surface area contributed by atoms with Crippen molar-refractivity contribution in [2.45, 2.75) is 194 Å². The highest BCUT2D eigenvalue weighted by Gasteiger charge is 2.46. The number of nitrogens with zero attached hydrogens (tertiary/aromatic N) is 6. The quantitative estimate of drug-likeness (QED) is 0.0443. The topological polar surface area (TPSA) is 207 Å². The third-order valence-electron chi connectivity index (χ3n) is 23.1. The Balaban J connectivity index is 0.000000165. The highest BCUT2D eigenvalue weighted by atomic mass is 16.5. The van der Waals surface area contributed by atoms with Gasteiger partial charge in [-0.15, -0.1) is 0 Å². The summed E-state index contributed by atoms with van der Waals surface area (Å²) in [5.41, 5.74) is 5.81. The normalized spacial score (nSPS) is 26.4. The summed E-state index contributed by atoms with van der Waals surface area (Å²) in [5.74, 6) is 0.487. The van der Waals surface area contributed by atoms with Crippen molar-refractivity contribution < 1.29 is 47.7 Å². The van der Waals surface area contributed by atoms with Crippen molar-refractivity contribution >= 4 is 35.4 Å². The largest absolute Gasteiger partial charge is 0.379 e. The molecule has 2 unspecified atom stereocenters. The van der Waals surface area contributed by atoms with Gasteiger partial charge in [-0.2, -0.15) is 0 Å². The zero-order chi connectivity index (χ0) is 71.4. The molecular formula is C82H120N10O10. The number of amides is 6. The summed E-state index contributed by atoms with van der Waals surface area (Å²) >= 11 is 0. The number of carbonyl (C=O) groups excluding carboxylic acids is 6. The Morgan fingerprint density at radius 1 is 0.431 bits per heavy atom. The van der Waals surface area contributed by atoms with E-state index in [1.807, 2.05) is 18.2 Å². The first-order chi connectivity index (χ1) is 49.7. The van der Waals surface area contributed by atoms with Crippen molar-refractivity contribution in [1.82, 2.24) is 50.7 Å². The molecule has 4 saturated heterocycles. The smallest absolute Gasteiger partial charge is 0.223 e. The molecule has 102 heavy (non-hydrogen) atoms. The maximum atomic E-state index is 13.2. The van der Waals surface area contributed by atoms with Gasteiger partial charge in [0.15, 0.2) is 0 Å². The molecule has 4 aromatic carbocycles. The van der Waals surface area contributed by atoms with Gasteiger partial charge in [-0.1, -0.05) is 121 Å². The predicted octanol–water partition coefficient (Wildman–Crippen LogP) is 8.36.